The van der Waals surface area contributed by atoms with Gasteiger partial charge in [0.15, 0.2) is 5.78 Å². The number of alkyl halides is 1. The second kappa shape index (κ2) is 10.1. The fourth-order valence-corrected chi connectivity index (χ4v) is 6.10. The van der Waals surface area contributed by atoms with E-state index in [0.29, 0.717) is 11.7 Å². The number of hydrogen-bond acceptors (Lipinski definition) is 3. The first-order valence-corrected chi connectivity index (χ1v) is 12.0. The van der Waals surface area contributed by atoms with Crippen molar-refractivity contribution in [2.45, 2.75) is 80.6 Å². The highest BCUT2D eigenvalue weighted by Crippen LogP contribution is 2.31. The lowest BCUT2D eigenvalue weighted by Crippen LogP contribution is -3.14. The van der Waals surface area contributed by atoms with Gasteiger partial charge in [-0.3, -0.25) is 4.79 Å². The van der Waals surface area contributed by atoms with Crippen LogP contribution >= 0.6 is 22.6 Å². The molecule has 2 saturated carbocycles. The Morgan fingerprint density at radius 3 is 2.12 bits per heavy atom. The Balaban J connectivity index is 1.32. The molecule has 1 heterocycles. The van der Waals surface area contributed by atoms with Crippen molar-refractivity contribution in [3.63, 3.8) is 0 Å². The fraction of sp³-hybridized carbons (Fsp3) is 0.950. The molecule has 1 aliphatic heterocycles. The van der Waals surface area contributed by atoms with Crippen molar-refractivity contribution in [3.05, 3.63) is 5.21 Å². The number of rotatable bonds is 6. The van der Waals surface area contributed by atoms with Gasteiger partial charge in [0.2, 0.25) is 0 Å². The Labute approximate surface area is 171 Å². The number of carbonyl (C=O) groups is 1. The summed E-state index contributed by atoms with van der Waals surface area (Å²) in [5.74, 6) is 2.40. The molecular formula is C20H36IN2O3+. The lowest BCUT2D eigenvalue weighted by atomic mass is 9.78. The van der Waals surface area contributed by atoms with Crippen LogP contribution in [0, 0.1) is 23.0 Å². The van der Waals surface area contributed by atoms with E-state index < -0.39 is 5.23 Å². The van der Waals surface area contributed by atoms with Gasteiger partial charge in [0.05, 0.1) is 13.1 Å². The molecule has 0 radical (unpaired) electrons. The summed E-state index contributed by atoms with van der Waals surface area (Å²) in [5, 5.41) is 19.6. The zero-order valence-electron chi connectivity index (χ0n) is 15.9. The minimum absolute atomic E-state index is 0.0918. The lowest BCUT2D eigenvalue weighted by molar-refractivity contribution is -1.07. The van der Waals surface area contributed by atoms with Crippen LogP contribution in [0.3, 0.4) is 0 Å². The molecule has 0 aromatic rings. The third-order valence-electron chi connectivity index (χ3n) is 7.21. The number of halogens is 1. The zero-order valence-corrected chi connectivity index (χ0v) is 18.1. The molecule has 3 N–H and O–H groups in total. The molecule has 0 aromatic heterocycles. The number of quaternary nitrogens is 2. The molecule has 150 valence electrons. The van der Waals surface area contributed by atoms with Crippen LogP contribution in [0.4, 0.5) is 0 Å². The average Bonchev–Trinajstić information content (AvgIpc) is 2.64. The van der Waals surface area contributed by atoms with E-state index in [1.54, 1.807) is 0 Å². The predicted molar refractivity (Wildman–Crippen MR) is 110 cm³/mol. The summed E-state index contributed by atoms with van der Waals surface area (Å²) >= 11 is 2.53. The standard InChI is InChI=1S/C20H35IN2O3/c21-18-5-3-17(4-6-18)20(24)14-22-11-9-16(10-12-22)13-15-1-7-19(8-2-15)23(25)26/h15-19,23,25H,1-14H2/p+1. The van der Waals surface area contributed by atoms with E-state index in [9.17, 15) is 10.0 Å². The molecule has 3 aliphatic rings. The maximum atomic E-state index is 12.6. The highest BCUT2D eigenvalue weighted by molar-refractivity contribution is 14.1. The highest BCUT2D eigenvalue weighted by atomic mass is 127. The number of Topliss-reactive ketones (excluding diaryl/α,β-unsaturated/α-hetero) is 1. The molecule has 5 nitrogen and oxygen atoms in total. The molecule has 6 heteroatoms. The van der Waals surface area contributed by atoms with Gasteiger partial charge in [0, 0.05) is 22.7 Å². The van der Waals surface area contributed by atoms with Crippen molar-refractivity contribution >= 4 is 28.4 Å². The van der Waals surface area contributed by atoms with Crippen molar-refractivity contribution in [1.82, 2.24) is 0 Å². The van der Waals surface area contributed by atoms with Crippen molar-refractivity contribution in [1.29, 1.82) is 0 Å². The van der Waals surface area contributed by atoms with Gasteiger partial charge in [-0.1, -0.05) is 22.6 Å². The van der Waals surface area contributed by atoms with Crippen LogP contribution < -0.4 is 10.1 Å². The summed E-state index contributed by atoms with van der Waals surface area (Å²) in [6, 6.07) is -0.0918. The first-order chi connectivity index (χ1) is 12.5. The minimum atomic E-state index is -0.600. The van der Waals surface area contributed by atoms with Gasteiger partial charge in [-0.15, -0.1) is 0 Å². The first kappa shape index (κ1) is 21.0. The van der Waals surface area contributed by atoms with E-state index in [1.165, 1.54) is 37.0 Å². The zero-order chi connectivity index (χ0) is 18.5. The third kappa shape index (κ3) is 6.12. The largest absolute Gasteiger partial charge is 0.600 e. The SMILES string of the molecule is O=C(C[NH+]1CCC(CC2CCC([NH+]([O-])O)CC2)CC1)C1CCC(I)CC1. The van der Waals surface area contributed by atoms with E-state index in [2.05, 4.69) is 22.6 Å². The summed E-state index contributed by atoms with van der Waals surface area (Å²) < 4.78 is 0.783. The predicted octanol–water partition coefficient (Wildman–Crippen LogP) is 1.57. The Morgan fingerprint density at radius 2 is 1.54 bits per heavy atom. The quantitative estimate of drug-likeness (QED) is 0.308. The molecule has 26 heavy (non-hydrogen) atoms. The second-order valence-electron chi connectivity index (χ2n) is 9.08. The van der Waals surface area contributed by atoms with Gasteiger partial charge >= 0.3 is 0 Å². The van der Waals surface area contributed by atoms with E-state index >= 15 is 0 Å². The van der Waals surface area contributed by atoms with Gasteiger partial charge in [-0.2, -0.15) is 0 Å². The molecular weight excluding hydrogens is 443 g/mol. The monoisotopic (exact) mass is 479 g/mol. The molecule has 0 bridgehead atoms. The van der Waals surface area contributed by atoms with Gasteiger partial charge in [0.25, 0.3) is 0 Å². The summed E-state index contributed by atoms with van der Waals surface area (Å²) in [5.41, 5.74) is 0. The Kier molecular flexibility index (Phi) is 8.18. The molecule has 3 fully saturated rings. The lowest BCUT2D eigenvalue weighted by Gasteiger charge is -2.35. The molecule has 1 saturated heterocycles. The van der Waals surface area contributed by atoms with Crippen LogP contribution in [0.25, 0.3) is 0 Å². The van der Waals surface area contributed by atoms with Crippen molar-refractivity contribution in [2.75, 3.05) is 19.6 Å². The molecule has 1 unspecified atom stereocenters. The van der Waals surface area contributed by atoms with E-state index in [1.807, 2.05) is 0 Å². The van der Waals surface area contributed by atoms with Crippen molar-refractivity contribution in [3.8, 4) is 0 Å². The normalized spacial score (nSPS) is 40.1. The Morgan fingerprint density at radius 1 is 0.962 bits per heavy atom. The summed E-state index contributed by atoms with van der Waals surface area (Å²) in [4.78, 5) is 14.1. The Hall–Kier alpha value is 0.240. The van der Waals surface area contributed by atoms with Gasteiger partial charge in [0.1, 0.15) is 12.6 Å². The van der Waals surface area contributed by atoms with Crippen molar-refractivity contribution < 1.29 is 20.1 Å². The summed E-state index contributed by atoms with van der Waals surface area (Å²) in [6.07, 6.45) is 12.4. The van der Waals surface area contributed by atoms with Crippen LogP contribution in [0.1, 0.15) is 70.6 Å². The third-order valence-corrected chi connectivity index (χ3v) is 8.46. The number of piperidine rings is 1. The molecule has 0 aromatic carbocycles. The summed E-state index contributed by atoms with van der Waals surface area (Å²) in [6.45, 7) is 3.07. The van der Waals surface area contributed by atoms with Crippen LogP contribution in [-0.2, 0) is 4.79 Å². The average molecular weight is 479 g/mol. The van der Waals surface area contributed by atoms with Gasteiger partial charge in [-0.05, 0) is 69.6 Å². The fourth-order valence-electron chi connectivity index (χ4n) is 5.38. The van der Waals surface area contributed by atoms with Crippen LogP contribution in [0.2, 0.25) is 0 Å². The minimum Gasteiger partial charge on any atom is -0.600 e. The number of likely N-dealkylation sites (tertiary alicyclic amines) is 1. The highest BCUT2D eigenvalue weighted by Gasteiger charge is 2.32. The number of hydrogen-bond donors (Lipinski definition) is 3. The topological polar surface area (TPSA) is 69.2 Å². The second-order valence-corrected chi connectivity index (χ2v) is 10.8. The number of ketones is 1. The number of carbonyl (C=O) groups excluding carboxylic acids is 1. The van der Waals surface area contributed by atoms with Crippen LogP contribution in [0.15, 0.2) is 0 Å². The number of hydroxylamine groups is 2. The van der Waals surface area contributed by atoms with E-state index in [0.717, 1.165) is 73.9 Å². The first-order valence-electron chi connectivity index (χ1n) is 10.7. The number of nitrogens with one attached hydrogen (secondary N) is 2. The smallest absolute Gasteiger partial charge is 0.189 e. The van der Waals surface area contributed by atoms with Gasteiger partial charge in [-0.25, -0.2) is 10.4 Å². The molecule has 3 rings (SSSR count). The maximum absolute atomic E-state index is 12.6. The molecule has 1 atom stereocenters. The molecule has 2 aliphatic carbocycles. The summed E-state index contributed by atoms with van der Waals surface area (Å²) in [7, 11) is 0. The Bertz CT molecular complexity index is 438. The van der Waals surface area contributed by atoms with Crippen LogP contribution in [-0.4, -0.2) is 40.6 Å². The molecule has 0 amide bonds. The van der Waals surface area contributed by atoms with Crippen molar-refractivity contribution in [2.24, 2.45) is 17.8 Å². The van der Waals surface area contributed by atoms with E-state index in [-0.39, 0.29) is 6.04 Å². The van der Waals surface area contributed by atoms with Crippen LogP contribution in [0.5, 0.6) is 0 Å². The van der Waals surface area contributed by atoms with Gasteiger partial charge < -0.3 is 10.1 Å². The molecule has 0 spiro atoms. The van der Waals surface area contributed by atoms with E-state index in [4.69, 9.17) is 5.21 Å². The maximum Gasteiger partial charge on any atom is 0.189 e.